The van der Waals surface area contributed by atoms with Crippen molar-refractivity contribution in [2.24, 2.45) is 0 Å². The lowest BCUT2D eigenvalue weighted by Gasteiger charge is -2.08. The van der Waals surface area contributed by atoms with Gasteiger partial charge in [0.25, 0.3) is 5.91 Å². The van der Waals surface area contributed by atoms with Crippen molar-refractivity contribution in [1.29, 1.82) is 0 Å². The number of halogens is 1. The lowest BCUT2D eigenvalue weighted by atomic mass is 10.2. The zero-order chi connectivity index (χ0) is 17.3. The fourth-order valence-corrected chi connectivity index (χ4v) is 3.33. The normalized spacial score (nSPS) is 11.6. The number of amides is 1. The van der Waals surface area contributed by atoms with Crippen LogP contribution in [0, 0.1) is 0 Å². The number of hydrogen-bond acceptors (Lipinski definition) is 4. The molecule has 0 saturated carbocycles. The molecule has 1 aromatic heterocycles. The predicted octanol–water partition coefficient (Wildman–Crippen LogP) is 2.49. The fourth-order valence-electron chi connectivity index (χ4n) is 2.15. The third-order valence-corrected chi connectivity index (χ3v) is 5.49. The molecule has 0 saturated heterocycles. The highest BCUT2D eigenvalue weighted by atomic mass is 79.9. The molecule has 0 aliphatic carbocycles. The Balaban J connectivity index is 1.93. The molecule has 0 spiro atoms. The first-order valence-corrected chi connectivity index (χ1v) is 9.17. The average molecular weight is 409 g/mol. The number of rotatable bonds is 4. The molecule has 0 fully saturated rings. The summed E-state index contributed by atoms with van der Waals surface area (Å²) in [6.07, 6.45) is 0. The van der Waals surface area contributed by atoms with Gasteiger partial charge in [-0.1, -0.05) is 12.1 Å². The maximum absolute atomic E-state index is 12.5. The van der Waals surface area contributed by atoms with E-state index in [2.05, 4.69) is 35.9 Å². The van der Waals surface area contributed by atoms with E-state index >= 15 is 0 Å². The van der Waals surface area contributed by atoms with Gasteiger partial charge in [0.05, 0.1) is 21.5 Å². The van der Waals surface area contributed by atoms with Gasteiger partial charge in [0, 0.05) is 4.47 Å². The van der Waals surface area contributed by atoms with Crippen molar-refractivity contribution in [2.45, 2.75) is 4.90 Å². The largest absolute Gasteiger partial charge is 0.324 e. The summed E-state index contributed by atoms with van der Waals surface area (Å²) in [5.74, 6) is -0.191. The summed E-state index contributed by atoms with van der Waals surface area (Å²) in [5.41, 5.74) is 1.70. The highest BCUT2D eigenvalue weighted by Gasteiger charge is 2.18. The Morgan fingerprint density at radius 1 is 1.21 bits per heavy atom. The first kappa shape index (κ1) is 16.6. The van der Waals surface area contributed by atoms with E-state index in [-0.39, 0.29) is 16.4 Å². The zero-order valence-electron chi connectivity index (χ0n) is 12.5. The van der Waals surface area contributed by atoms with Crippen LogP contribution in [0.2, 0.25) is 0 Å². The summed E-state index contributed by atoms with van der Waals surface area (Å²) in [6, 6.07) is 11.6. The van der Waals surface area contributed by atoms with E-state index in [1.54, 1.807) is 0 Å². The van der Waals surface area contributed by atoms with Gasteiger partial charge in [-0.2, -0.15) is 0 Å². The molecule has 1 heterocycles. The standard InChI is InChI=1S/C15H13BrN4O3S/c1-17-24(22,23)9-6-7-11(16)10(8-9)14(21)20-15-18-12-4-2-3-5-13(12)19-15/h2-8,17H,1H3,(H2,18,19,20,21). The van der Waals surface area contributed by atoms with Gasteiger partial charge in [-0.15, -0.1) is 0 Å². The predicted molar refractivity (Wildman–Crippen MR) is 94.4 cm³/mol. The number of benzene rings is 2. The Morgan fingerprint density at radius 2 is 1.96 bits per heavy atom. The molecule has 7 nitrogen and oxygen atoms in total. The molecule has 3 aromatic rings. The topological polar surface area (TPSA) is 104 Å². The molecule has 124 valence electrons. The summed E-state index contributed by atoms with van der Waals surface area (Å²) in [5, 5.41) is 2.63. The number of aromatic amines is 1. The van der Waals surface area contributed by atoms with Crippen molar-refractivity contribution in [2.75, 3.05) is 12.4 Å². The zero-order valence-corrected chi connectivity index (χ0v) is 14.9. The van der Waals surface area contributed by atoms with Gasteiger partial charge >= 0.3 is 0 Å². The molecule has 0 radical (unpaired) electrons. The quantitative estimate of drug-likeness (QED) is 0.616. The molecule has 0 atom stereocenters. The van der Waals surface area contributed by atoms with Gasteiger partial charge in [0.15, 0.2) is 0 Å². The van der Waals surface area contributed by atoms with E-state index in [1.807, 2.05) is 24.3 Å². The van der Waals surface area contributed by atoms with Crippen LogP contribution in [-0.4, -0.2) is 31.3 Å². The smallest absolute Gasteiger partial charge is 0.259 e. The molecule has 0 aliphatic rings. The molecule has 1 amide bonds. The minimum atomic E-state index is -3.64. The van der Waals surface area contributed by atoms with Crippen LogP contribution in [0.4, 0.5) is 5.95 Å². The molecule has 0 unspecified atom stereocenters. The van der Waals surface area contributed by atoms with E-state index in [0.717, 1.165) is 11.0 Å². The van der Waals surface area contributed by atoms with Crippen LogP contribution in [0.1, 0.15) is 10.4 Å². The molecular formula is C15H13BrN4O3S. The van der Waals surface area contributed by atoms with Gasteiger partial charge in [-0.05, 0) is 53.3 Å². The molecule has 24 heavy (non-hydrogen) atoms. The Bertz CT molecular complexity index is 997. The summed E-state index contributed by atoms with van der Waals surface area (Å²) >= 11 is 3.26. The molecule has 3 rings (SSSR count). The van der Waals surface area contributed by atoms with E-state index in [1.165, 1.54) is 25.2 Å². The SMILES string of the molecule is CNS(=O)(=O)c1ccc(Br)c(C(=O)Nc2nc3ccccc3[nH]2)c1. The van der Waals surface area contributed by atoms with Gasteiger partial charge < -0.3 is 4.98 Å². The first-order chi connectivity index (χ1) is 11.4. The minimum absolute atomic E-state index is 0.00274. The van der Waals surface area contributed by atoms with Crippen LogP contribution in [0.25, 0.3) is 11.0 Å². The van der Waals surface area contributed by atoms with Crippen molar-refractivity contribution in [3.05, 3.63) is 52.5 Å². The molecule has 0 aliphatic heterocycles. The summed E-state index contributed by atoms with van der Waals surface area (Å²) in [7, 11) is -2.33. The van der Waals surface area contributed by atoms with Crippen molar-refractivity contribution in [1.82, 2.24) is 14.7 Å². The fraction of sp³-hybridized carbons (Fsp3) is 0.0667. The van der Waals surface area contributed by atoms with Gasteiger partial charge in [0.1, 0.15) is 0 Å². The number of sulfonamides is 1. The van der Waals surface area contributed by atoms with E-state index in [0.29, 0.717) is 4.47 Å². The van der Waals surface area contributed by atoms with Crippen LogP contribution >= 0.6 is 15.9 Å². The van der Waals surface area contributed by atoms with E-state index < -0.39 is 15.9 Å². The monoisotopic (exact) mass is 408 g/mol. The second kappa shape index (κ2) is 6.34. The minimum Gasteiger partial charge on any atom is -0.324 e. The molecule has 9 heteroatoms. The molecule has 0 bridgehead atoms. The summed E-state index contributed by atoms with van der Waals surface area (Å²) in [6.45, 7) is 0. The van der Waals surface area contributed by atoms with Crippen molar-refractivity contribution < 1.29 is 13.2 Å². The van der Waals surface area contributed by atoms with Gasteiger partial charge in [0.2, 0.25) is 16.0 Å². The number of imidazole rings is 1. The molecular weight excluding hydrogens is 396 g/mol. The number of nitrogens with zero attached hydrogens (tertiary/aromatic N) is 1. The summed E-state index contributed by atoms with van der Waals surface area (Å²) < 4.78 is 26.5. The van der Waals surface area contributed by atoms with Crippen molar-refractivity contribution in [3.63, 3.8) is 0 Å². The lowest BCUT2D eigenvalue weighted by Crippen LogP contribution is -2.20. The number of nitrogens with one attached hydrogen (secondary N) is 3. The molecule has 3 N–H and O–H groups in total. The van der Waals surface area contributed by atoms with E-state index in [9.17, 15) is 13.2 Å². The average Bonchev–Trinajstić information content (AvgIpc) is 2.97. The van der Waals surface area contributed by atoms with Crippen LogP contribution < -0.4 is 10.0 Å². The highest BCUT2D eigenvalue weighted by Crippen LogP contribution is 2.22. The van der Waals surface area contributed by atoms with Crippen molar-refractivity contribution >= 4 is 48.8 Å². The highest BCUT2D eigenvalue weighted by molar-refractivity contribution is 9.10. The Morgan fingerprint density at radius 3 is 2.67 bits per heavy atom. The number of carbonyl (C=O) groups excluding carboxylic acids is 1. The van der Waals surface area contributed by atoms with E-state index in [4.69, 9.17) is 0 Å². The number of fused-ring (bicyclic) bond motifs is 1. The number of hydrogen-bond donors (Lipinski definition) is 3. The maximum Gasteiger partial charge on any atom is 0.259 e. The third kappa shape index (κ3) is 3.18. The van der Waals surface area contributed by atoms with Crippen LogP contribution in [0.3, 0.4) is 0 Å². The van der Waals surface area contributed by atoms with Gasteiger partial charge in [-0.25, -0.2) is 18.1 Å². The number of H-pyrrole nitrogens is 1. The molecule has 2 aromatic carbocycles. The third-order valence-electron chi connectivity index (χ3n) is 3.38. The Labute approximate surface area is 146 Å². The number of carbonyl (C=O) groups is 1. The second-order valence-corrected chi connectivity index (χ2v) is 7.65. The summed E-state index contributed by atoms with van der Waals surface area (Å²) in [4.78, 5) is 19.7. The van der Waals surface area contributed by atoms with Crippen molar-refractivity contribution in [3.8, 4) is 0 Å². The Kier molecular flexibility index (Phi) is 4.39. The van der Waals surface area contributed by atoms with Crippen LogP contribution in [0.15, 0.2) is 51.8 Å². The Hall–Kier alpha value is -2.23. The number of aromatic nitrogens is 2. The van der Waals surface area contributed by atoms with Crippen LogP contribution in [-0.2, 0) is 10.0 Å². The maximum atomic E-state index is 12.5. The second-order valence-electron chi connectivity index (χ2n) is 4.91. The van der Waals surface area contributed by atoms with Crippen LogP contribution in [0.5, 0.6) is 0 Å². The first-order valence-electron chi connectivity index (χ1n) is 6.90. The lowest BCUT2D eigenvalue weighted by molar-refractivity contribution is 0.102. The number of para-hydroxylation sites is 2. The van der Waals surface area contributed by atoms with Gasteiger partial charge in [-0.3, -0.25) is 10.1 Å². The number of anilines is 1.